The fourth-order valence-electron chi connectivity index (χ4n) is 5.73. The van der Waals surface area contributed by atoms with E-state index in [1.54, 1.807) is 6.92 Å². The normalized spacial score (nSPS) is 33.2. The Bertz CT molecular complexity index is 898. The number of alkyl halides is 1. The molecule has 3 unspecified atom stereocenters. The van der Waals surface area contributed by atoms with Gasteiger partial charge in [0.2, 0.25) is 11.8 Å². The minimum Gasteiger partial charge on any atom is -0.466 e. The summed E-state index contributed by atoms with van der Waals surface area (Å²) >= 11 is 3.62. The fourth-order valence-corrected chi connectivity index (χ4v) is 6.67. The highest BCUT2D eigenvalue weighted by atomic mass is 79.9. The van der Waals surface area contributed by atoms with Crippen molar-refractivity contribution in [3.05, 3.63) is 35.9 Å². The Labute approximate surface area is 202 Å². The molecule has 1 aromatic carbocycles. The molecule has 4 rings (SSSR count). The van der Waals surface area contributed by atoms with E-state index >= 15 is 0 Å². The zero-order valence-corrected chi connectivity index (χ0v) is 20.5. The number of rotatable bonds is 9. The number of benzene rings is 1. The van der Waals surface area contributed by atoms with Crippen LogP contribution < -0.4 is 5.32 Å². The lowest BCUT2D eigenvalue weighted by molar-refractivity contribution is -0.155. The zero-order chi connectivity index (χ0) is 23.8. The van der Waals surface area contributed by atoms with Crippen LogP contribution in [0.3, 0.4) is 0 Å². The van der Waals surface area contributed by atoms with Gasteiger partial charge in [-0.2, -0.15) is 0 Å². The number of likely N-dealkylation sites (tertiary alicyclic amines) is 1. The number of carbonyl (C=O) groups excluding carboxylic acids is 3. The number of carbonyl (C=O) groups is 3. The number of fused-ring (bicyclic) bond motifs is 1. The Balaban J connectivity index is 1.78. The topological polar surface area (TPSA) is 105 Å². The minimum atomic E-state index is -1.16. The van der Waals surface area contributed by atoms with Crippen LogP contribution in [0.2, 0.25) is 0 Å². The van der Waals surface area contributed by atoms with Gasteiger partial charge in [-0.05, 0) is 25.3 Å². The number of aliphatic hydroxyl groups excluding tert-OH is 1. The summed E-state index contributed by atoms with van der Waals surface area (Å²) in [6, 6.07) is 7.44. The number of nitrogens with zero attached hydrogens (tertiary/aromatic N) is 1. The highest BCUT2D eigenvalue weighted by Crippen LogP contribution is 2.61. The number of hydrogen-bond acceptors (Lipinski definition) is 6. The smallest absolute Gasteiger partial charge is 0.312 e. The average Bonchev–Trinajstić information content (AvgIpc) is 3.39. The summed E-state index contributed by atoms with van der Waals surface area (Å²) in [4.78, 5) is 41.7. The molecule has 9 heteroatoms. The molecule has 0 saturated carbocycles. The molecule has 3 saturated heterocycles. The number of aliphatic hydroxyl groups is 1. The molecule has 0 aromatic heterocycles. The first-order valence-corrected chi connectivity index (χ1v) is 12.6. The Morgan fingerprint density at radius 3 is 2.70 bits per heavy atom. The fraction of sp³-hybridized carbons (Fsp3) is 0.625. The molecule has 3 fully saturated rings. The SMILES string of the molecule is CCCCNC(=O)C1N([C@H](CO)c2ccccc2)C(=O)[C@@H]2[C@H](C(=O)OCC)[C@H]3OC12CC3Br. The maximum Gasteiger partial charge on any atom is 0.312 e. The molecule has 3 aliphatic heterocycles. The Morgan fingerprint density at radius 2 is 2.06 bits per heavy atom. The molecule has 1 spiro atoms. The van der Waals surface area contributed by atoms with Crippen LogP contribution in [-0.4, -0.2) is 70.1 Å². The molecule has 3 heterocycles. The summed E-state index contributed by atoms with van der Waals surface area (Å²) in [5, 5.41) is 13.3. The zero-order valence-electron chi connectivity index (χ0n) is 18.9. The van der Waals surface area contributed by atoms with E-state index in [1.807, 2.05) is 37.3 Å². The van der Waals surface area contributed by atoms with Crippen LogP contribution in [0.1, 0.15) is 44.7 Å². The molecule has 7 atom stereocenters. The van der Waals surface area contributed by atoms with Crippen molar-refractivity contribution in [2.24, 2.45) is 11.8 Å². The largest absolute Gasteiger partial charge is 0.466 e. The van der Waals surface area contributed by atoms with E-state index in [0.717, 1.165) is 12.8 Å². The van der Waals surface area contributed by atoms with E-state index in [9.17, 15) is 19.5 Å². The van der Waals surface area contributed by atoms with Gasteiger partial charge in [0, 0.05) is 11.4 Å². The van der Waals surface area contributed by atoms with Gasteiger partial charge in [-0.3, -0.25) is 14.4 Å². The van der Waals surface area contributed by atoms with Crippen LogP contribution >= 0.6 is 15.9 Å². The molecule has 180 valence electrons. The van der Waals surface area contributed by atoms with Crippen LogP contribution in [0.5, 0.6) is 0 Å². The molecule has 33 heavy (non-hydrogen) atoms. The number of halogens is 1. The number of ether oxygens (including phenoxy) is 2. The first-order chi connectivity index (χ1) is 15.9. The Morgan fingerprint density at radius 1 is 1.33 bits per heavy atom. The number of nitrogens with one attached hydrogen (secondary N) is 1. The van der Waals surface area contributed by atoms with Crippen molar-refractivity contribution in [1.29, 1.82) is 0 Å². The van der Waals surface area contributed by atoms with Crippen molar-refractivity contribution in [2.75, 3.05) is 19.8 Å². The summed E-state index contributed by atoms with van der Waals surface area (Å²) in [6.07, 6.45) is 1.59. The highest BCUT2D eigenvalue weighted by molar-refractivity contribution is 9.09. The van der Waals surface area contributed by atoms with Crippen molar-refractivity contribution in [2.45, 2.75) is 61.7 Å². The van der Waals surface area contributed by atoms with Gasteiger partial charge in [-0.25, -0.2) is 0 Å². The Kier molecular flexibility index (Phi) is 7.12. The van der Waals surface area contributed by atoms with Gasteiger partial charge in [-0.15, -0.1) is 0 Å². The third-order valence-corrected chi connectivity index (χ3v) is 7.90. The van der Waals surface area contributed by atoms with Crippen LogP contribution in [0, 0.1) is 11.8 Å². The second-order valence-corrected chi connectivity index (χ2v) is 10.1. The molecule has 0 radical (unpaired) electrons. The van der Waals surface area contributed by atoms with Crippen LogP contribution in [0.15, 0.2) is 30.3 Å². The molecule has 1 aromatic rings. The number of unbranched alkanes of at least 4 members (excludes halogenated alkanes) is 1. The van der Waals surface area contributed by atoms with Gasteiger partial charge in [0.15, 0.2) is 0 Å². The van der Waals surface area contributed by atoms with Crippen molar-refractivity contribution < 1.29 is 29.0 Å². The van der Waals surface area contributed by atoms with Gasteiger partial charge >= 0.3 is 5.97 Å². The van der Waals surface area contributed by atoms with Crippen LogP contribution in [-0.2, 0) is 23.9 Å². The average molecular weight is 523 g/mol. The summed E-state index contributed by atoms with van der Waals surface area (Å²) in [7, 11) is 0. The Hall–Kier alpha value is -1.97. The summed E-state index contributed by atoms with van der Waals surface area (Å²) in [6.45, 7) is 4.06. The second-order valence-electron chi connectivity index (χ2n) is 8.91. The van der Waals surface area contributed by atoms with Crippen molar-refractivity contribution in [3.63, 3.8) is 0 Å². The lowest BCUT2D eigenvalue weighted by Gasteiger charge is -2.37. The minimum absolute atomic E-state index is 0.189. The van der Waals surface area contributed by atoms with E-state index in [2.05, 4.69) is 21.2 Å². The first-order valence-electron chi connectivity index (χ1n) is 11.6. The molecular formula is C24H31BrN2O6. The van der Waals surface area contributed by atoms with Gasteiger partial charge in [0.1, 0.15) is 11.6 Å². The van der Waals surface area contributed by atoms with Crippen molar-refractivity contribution in [1.82, 2.24) is 10.2 Å². The van der Waals surface area contributed by atoms with Crippen LogP contribution in [0.25, 0.3) is 0 Å². The number of amides is 2. The van der Waals surface area contributed by atoms with E-state index < -0.39 is 41.6 Å². The van der Waals surface area contributed by atoms with Crippen molar-refractivity contribution in [3.8, 4) is 0 Å². The standard InChI is InChI=1S/C24H31BrN2O6/c1-3-5-11-26-21(29)20-24-12-15(25)19(33-24)17(23(31)32-4-2)18(24)22(30)27(20)16(13-28)14-9-7-6-8-10-14/h6-10,15-20,28H,3-5,11-13H2,1-2H3,(H,26,29)/t15?,16-,17+,18+,19+,20?,24?/m1/s1. The van der Waals surface area contributed by atoms with Gasteiger partial charge in [0.25, 0.3) is 0 Å². The molecule has 8 nitrogen and oxygen atoms in total. The third-order valence-electron chi connectivity index (χ3n) is 7.06. The molecular weight excluding hydrogens is 492 g/mol. The predicted molar refractivity (Wildman–Crippen MR) is 123 cm³/mol. The van der Waals surface area contributed by atoms with Crippen LogP contribution in [0.4, 0.5) is 0 Å². The van der Waals surface area contributed by atoms with E-state index in [4.69, 9.17) is 9.47 Å². The molecule has 2 amide bonds. The predicted octanol–water partition coefficient (Wildman–Crippen LogP) is 1.95. The maximum atomic E-state index is 13.9. The van der Waals surface area contributed by atoms with E-state index in [1.165, 1.54) is 4.90 Å². The second kappa shape index (κ2) is 9.72. The number of hydrogen-bond donors (Lipinski definition) is 2. The van der Waals surface area contributed by atoms with E-state index in [0.29, 0.717) is 18.5 Å². The van der Waals surface area contributed by atoms with E-state index in [-0.39, 0.29) is 29.9 Å². The maximum absolute atomic E-state index is 13.9. The quantitative estimate of drug-likeness (QED) is 0.291. The first kappa shape index (κ1) is 24.2. The third kappa shape index (κ3) is 3.88. The van der Waals surface area contributed by atoms with Gasteiger partial charge < -0.3 is 24.8 Å². The molecule has 3 aliphatic rings. The monoisotopic (exact) mass is 522 g/mol. The lowest BCUT2D eigenvalue weighted by Crippen LogP contribution is -2.56. The summed E-state index contributed by atoms with van der Waals surface area (Å²) in [5.74, 6) is -2.80. The number of esters is 1. The molecule has 2 bridgehead atoms. The molecule has 2 N–H and O–H groups in total. The summed E-state index contributed by atoms with van der Waals surface area (Å²) in [5.41, 5.74) is -0.444. The molecule has 0 aliphatic carbocycles. The van der Waals surface area contributed by atoms with Gasteiger partial charge in [-0.1, -0.05) is 59.6 Å². The lowest BCUT2D eigenvalue weighted by atomic mass is 9.70. The highest BCUT2D eigenvalue weighted by Gasteiger charge is 2.77. The summed E-state index contributed by atoms with van der Waals surface area (Å²) < 4.78 is 11.7. The van der Waals surface area contributed by atoms with Gasteiger partial charge in [0.05, 0.1) is 37.2 Å². The van der Waals surface area contributed by atoms with Crippen molar-refractivity contribution >= 4 is 33.7 Å².